The van der Waals surface area contributed by atoms with Crippen molar-refractivity contribution in [2.24, 2.45) is 17.8 Å². The molecule has 0 radical (unpaired) electrons. The lowest BCUT2D eigenvalue weighted by Crippen LogP contribution is -2.40. The highest BCUT2D eigenvalue weighted by molar-refractivity contribution is 7.96. The van der Waals surface area contributed by atoms with Crippen molar-refractivity contribution in [3.05, 3.63) is 91.0 Å². The lowest BCUT2D eigenvalue weighted by molar-refractivity contribution is -0.152. The van der Waals surface area contributed by atoms with Gasteiger partial charge in [-0.2, -0.15) is 0 Å². The van der Waals surface area contributed by atoms with Crippen LogP contribution in [0.15, 0.2) is 91.0 Å². The number of benzene rings is 3. The summed E-state index contributed by atoms with van der Waals surface area (Å²) in [6, 6.07) is 31.7. The molecule has 0 bridgehead atoms. The molecular formula is C30H36O2P+. The predicted octanol–water partition coefficient (Wildman–Crippen LogP) is 5.98. The molecule has 4 rings (SSSR count). The number of esters is 1. The first-order valence-electron chi connectivity index (χ1n) is 12.2. The summed E-state index contributed by atoms with van der Waals surface area (Å²) < 4.78 is 6.34. The van der Waals surface area contributed by atoms with E-state index in [0.717, 1.165) is 12.8 Å². The molecule has 0 heterocycles. The van der Waals surface area contributed by atoms with Crippen LogP contribution in [0.25, 0.3) is 0 Å². The van der Waals surface area contributed by atoms with Crippen molar-refractivity contribution >= 4 is 29.1 Å². The van der Waals surface area contributed by atoms with Gasteiger partial charge >= 0.3 is 5.97 Å². The molecule has 1 fully saturated rings. The van der Waals surface area contributed by atoms with E-state index in [0.29, 0.717) is 23.9 Å². The van der Waals surface area contributed by atoms with Crippen LogP contribution in [0.4, 0.5) is 0 Å². The summed E-state index contributed by atoms with van der Waals surface area (Å²) >= 11 is 0. The van der Waals surface area contributed by atoms with E-state index in [1.54, 1.807) is 0 Å². The number of ether oxygens (including phenoxy) is 1. The van der Waals surface area contributed by atoms with Gasteiger partial charge in [0.25, 0.3) is 0 Å². The second-order valence-corrected chi connectivity index (χ2v) is 13.3. The van der Waals surface area contributed by atoms with Gasteiger partial charge in [-0.15, -0.1) is 0 Å². The molecule has 0 aliphatic heterocycles. The second kappa shape index (κ2) is 10.7. The topological polar surface area (TPSA) is 26.3 Å². The quantitative estimate of drug-likeness (QED) is 0.321. The Morgan fingerprint density at radius 3 is 1.70 bits per heavy atom. The molecule has 0 saturated heterocycles. The molecule has 33 heavy (non-hydrogen) atoms. The standard InChI is InChI=1S/C30H36O2P/c1-23(2)28-20-19-24(3)21-29(28)32-30(31)22-33(25-13-7-4-8-14-25,26-15-9-5-10-16-26)27-17-11-6-12-18-27/h4-18,23-24,28-29H,19-22H2,1-3H3/q+1/t24-,28+,29+/m1/s1. The first-order valence-corrected chi connectivity index (χ1v) is 14.2. The summed E-state index contributed by atoms with van der Waals surface area (Å²) in [6.07, 6.45) is 3.76. The maximum Gasteiger partial charge on any atom is 0.345 e. The fourth-order valence-electron chi connectivity index (χ4n) is 5.42. The average Bonchev–Trinajstić information content (AvgIpc) is 2.84. The monoisotopic (exact) mass is 459 g/mol. The van der Waals surface area contributed by atoms with Crippen molar-refractivity contribution in [3.8, 4) is 0 Å². The highest BCUT2D eigenvalue weighted by Gasteiger charge is 2.48. The highest BCUT2D eigenvalue weighted by atomic mass is 31.2. The lowest BCUT2D eigenvalue weighted by Gasteiger charge is -2.37. The number of rotatable bonds is 7. The van der Waals surface area contributed by atoms with Crippen LogP contribution in [-0.4, -0.2) is 18.2 Å². The molecule has 0 N–H and O–H groups in total. The third kappa shape index (κ3) is 5.22. The smallest absolute Gasteiger partial charge is 0.345 e. The first-order chi connectivity index (χ1) is 16.0. The minimum absolute atomic E-state index is 0.0190. The maximum atomic E-state index is 13.7. The molecule has 0 amide bonds. The van der Waals surface area contributed by atoms with Crippen molar-refractivity contribution in [3.63, 3.8) is 0 Å². The summed E-state index contributed by atoms with van der Waals surface area (Å²) in [5.41, 5.74) is 0. The molecule has 0 aromatic heterocycles. The van der Waals surface area contributed by atoms with Crippen LogP contribution in [0.3, 0.4) is 0 Å². The zero-order chi connectivity index (χ0) is 23.3. The van der Waals surface area contributed by atoms with E-state index in [1.807, 2.05) is 18.2 Å². The van der Waals surface area contributed by atoms with Crippen molar-refractivity contribution in [1.82, 2.24) is 0 Å². The molecule has 3 aromatic rings. The van der Waals surface area contributed by atoms with Gasteiger partial charge in [0.15, 0.2) is 6.16 Å². The van der Waals surface area contributed by atoms with Gasteiger partial charge < -0.3 is 4.74 Å². The predicted molar refractivity (Wildman–Crippen MR) is 141 cm³/mol. The Morgan fingerprint density at radius 1 is 0.818 bits per heavy atom. The van der Waals surface area contributed by atoms with E-state index >= 15 is 0 Å². The first kappa shape index (κ1) is 23.7. The summed E-state index contributed by atoms with van der Waals surface area (Å²) in [5.74, 6) is 1.51. The SMILES string of the molecule is CC(C)[C@@H]1CC[C@@H](C)C[C@@H]1OC(=O)C[P+](c1ccccc1)(c1ccccc1)c1ccccc1. The average molecular weight is 460 g/mol. The van der Waals surface area contributed by atoms with E-state index in [2.05, 4.69) is 93.6 Å². The Morgan fingerprint density at radius 2 is 1.27 bits per heavy atom. The minimum Gasteiger partial charge on any atom is -0.459 e. The normalized spacial score (nSPS) is 21.0. The van der Waals surface area contributed by atoms with Gasteiger partial charge in [-0.1, -0.05) is 81.8 Å². The van der Waals surface area contributed by atoms with Crippen molar-refractivity contribution in [1.29, 1.82) is 0 Å². The van der Waals surface area contributed by atoms with Crippen molar-refractivity contribution in [2.75, 3.05) is 6.16 Å². The molecule has 2 nitrogen and oxygen atoms in total. The van der Waals surface area contributed by atoms with E-state index in [-0.39, 0.29) is 12.1 Å². The summed E-state index contributed by atoms with van der Waals surface area (Å²) in [7, 11) is -2.21. The van der Waals surface area contributed by atoms with E-state index in [4.69, 9.17) is 4.74 Å². The van der Waals surface area contributed by atoms with Crippen LogP contribution in [0.1, 0.15) is 40.0 Å². The third-order valence-electron chi connectivity index (χ3n) is 7.20. The van der Waals surface area contributed by atoms with Gasteiger partial charge in [0, 0.05) is 0 Å². The second-order valence-electron chi connectivity index (χ2n) is 9.83. The van der Waals surface area contributed by atoms with Crippen LogP contribution in [0.5, 0.6) is 0 Å². The summed E-state index contributed by atoms with van der Waals surface area (Å²) in [4.78, 5) is 13.7. The van der Waals surface area contributed by atoms with Gasteiger partial charge in [-0.3, -0.25) is 0 Å². The van der Waals surface area contributed by atoms with Crippen LogP contribution in [-0.2, 0) is 9.53 Å². The number of hydrogen-bond donors (Lipinski definition) is 0. The zero-order valence-corrected chi connectivity index (χ0v) is 21.0. The summed E-state index contributed by atoms with van der Waals surface area (Å²) in [6.45, 7) is 6.81. The molecule has 1 aliphatic rings. The molecule has 3 aromatic carbocycles. The minimum atomic E-state index is -2.21. The molecule has 0 spiro atoms. The maximum absolute atomic E-state index is 13.7. The van der Waals surface area contributed by atoms with E-state index in [9.17, 15) is 4.79 Å². The van der Waals surface area contributed by atoms with E-state index < -0.39 is 7.26 Å². The third-order valence-corrected chi connectivity index (χ3v) is 11.5. The van der Waals surface area contributed by atoms with Crippen LogP contribution >= 0.6 is 7.26 Å². The Bertz CT molecular complexity index is 920. The van der Waals surface area contributed by atoms with Gasteiger partial charge in [-0.25, -0.2) is 4.79 Å². The molecule has 3 heteroatoms. The largest absolute Gasteiger partial charge is 0.459 e. The molecule has 3 atom stereocenters. The molecule has 1 aliphatic carbocycles. The van der Waals surface area contributed by atoms with Gasteiger partial charge in [-0.05, 0) is 67.0 Å². The molecule has 0 unspecified atom stereocenters. The van der Waals surface area contributed by atoms with Crippen molar-refractivity contribution < 1.29 is 9.53 Å². The Hall–Kier alpha value is -2.44. The fourth-order valence-corrected chi connectivity index (χ4v) is 9.37. The molecule has 172 valence electrons. The molecular weight excluding hydrogens is 423 g/mol. The Balaban J connectivity index is 1.75. The Labute approximate surface area is 199 Å². The fraction of sp³-hybridized carbons (Fsp3) is 0.367. The Kier molecular flexibility index (Phi) is 7.66. The summed E-state index contributed by atoms with van der Waals surface area (Å²) in [5, 5.41) is 3.66. The van der Waals surface area contributed by atoms with Crippen LogP contribution < -0.4 is 15.9 Å². The van der Waals surface area contributed by atoms with Crippen LogP contribution in [0.2, 0.25) is 0 Å². The van der Waals surface area contributed by atoms with Gasteiger partial charge in [0.05, 0.1) is 0 Å². The van der Waals surface area contributed by atoms with Gasteiger partial charge in [0.1, 0.15) is 29.3 Å². The highest BCUT2D eigenvalue weighted by Crippen LogP contribution is 2.55. The lowest BCUT2D eigenvalue weighted by atomic mass is 9.75. The number of carbonyl (C=O) groups is 1. The van der Waals surface area contributed by atoms with Crippen molar-refractivity contribution in [2.45, 2.75) is 46.1 Å². The van der Waals surface area contributed by atoms with E-state index in [1.165, 1.54) is 22.3 Å². The molecule has 1 saturated carbocycles. The van der Waals surface area contributed by atoms with Crippen LogP contribution in [0, 0.1) is 17.8 Å². The van der Waals surface area contributed by atoms with Gasteiger partial charge in [0.2, 0.25) is 0 Å². The zero-order valence-electron chi connectivity index (χ0n) is 20.1. The number of carbonyl (C=O) groups excluding carboxylic acids is 1. The number of hydrogen-bond acceptors (Lipinski definition) is 2.